The van der Waals surface area contributed by atoms with Gasteiger partial charge in [0, 0.05) is 6.42 Å². The van der Waals surface area contributed by atoms with E-state index in [0.717, 1.165) is 18.8 Å². The predicted octanol–water partition coefficient (Wildman–Crippen LogP) is 3.57. The highest BCUT2D eigenvalue weighted by atomic mass is 35.5. The lowest BCUT2D eigenvalue weighted by Crippen LogP contribution is -2.11. The average Bonchev–Trinajstić information content (AvgIpc) is 3.06. The van der Waals surface area contributed by atoms with Crippen LogP contribution in [-0.4, -0.2) is 11.2 Å². The van der Waals surface area contributed by atoms with Crippen molar-refractivity contribution in [1.82, 2.24) is 0 Å². The fourth-order valence-corrected chi connectivity index (χ4v) is 2.09. The van der Waals surface area contributed by atoms with Gasteiger partial charge in [-0.25, -0.2) is 4.39 Å². The first kappa shape index (κ1) is 11.9. The van der Waals surface area contributed by atoms with Gasteiger partial charge in [-0.15, -0.1) is 0 Å². The summed E-state index contributed by atoms with van der Waals surface area (Å²) in [6.07, 6.45) is 4.31. The van der Waals surface area contributed by atoms with E-state index in [2.05, 4.69) is 0 Å². The van der Waals surface area contributed by atoms with Crippen molar-refractivity contribution in [2.45, 2.75) is 38.2 Å². The zero-order valence-electron chi connectivity index (χ0n) is 9.13. The van der Waals surface area contributed by atoms with Gasteiger partial charge >= 0.3 is 0 Å². The summed E-state index contributed by atoms with van der Waals surface area (Å²) < 4.78 is 13.5. The molecule has 1 atom stereocenters. The predicted molar refractivity (Wildman–Crippen MR) is 63.1 cm³/mol. The summed E-state index contributed by atoms with van der Waals surface area (Å²) in [6, 6.07) is 4.92. The highest BCUT2D eigenvalue weighted by Gasteiger charge is 2.22. The van der Waals surface area contributed by atoms with Crippen LogP contribution in [0, 0.1) is 11.7 Å². The second-order valence-electron chi connectivity index (χ2n) is 4.59. The molecule has 1 aromatic carbocycles. The quantitative estimate of drug-likeness (QED) is 0.837. The minimum absolute atomic E-state index is 0.131. The van der Waals surface area contributed by atoms with Gasteiger partial charge in [-0.1, -0.05) is 36.6 Å². The number of benzene rings is 1. The Labute approximate surface area is 100 Å². The number of hydrogen-bond acceptors (Lipinski definition) is 1. The smallest absolute Gasteiger partial charge is 0.145 e. The van der Waals surface area contributed by atoms with E-state index in [9.17, 15) is 9.50 Å². The maximum Gasteiger partial charge on any atom is 0.145 e. The maximum atomic E-state index is 13.5. The van der Waals surface area contributed by atoms with E-state index in [1.54, 1.807) is 12.1 Å². The van der Waals surface area contributed by atoms with Crippen LogP contribution in [-0.2, 0) is 6.42 Å². The van der Waals surface area contributed by atoms with Gasteiger partial charge in [0.05, 0.1) is 11.1 Å². The van der Waals surface area contributed by atoms with E-state index in [1.807, 2.05) is 0 Å². The van der Waals surface area contributed by atoms with Crippen molar-refractivity contribution in [1.29, 1.82) is 0 Å². The standard InChI is InChI=1S/C13H16ClFO/c14-12-3-1-2-10(13(12)15)8-11(16)7-6-9-4-5-9/h1-3,9,11,16H,4-8H2. The highest BCUT2D eigenvalue weighted by Crippen LogP contribution is 2.34. The van der Waals surface area contributed by atoms with Crippen LogP contribution in [0.25, 0.3) is 0 Å². The number of halogens is 2. The number of hydrogen-bond donors (Lipinski definition) is 1. The molecular formula is C13H16ClFO. The van der Waals surface area contributed by atoms with Crippen LogP contribution in [0.4, 0.5) is 4.39 Å². The fraction of sp³-hybridized carbons (Fsp3) is 0.538. The third-order valence-electron chi connectivity index (χ3n) is 3.09. The van der Waals surface area contributed by atoms with Crippen molar-refractivity contribution < 1.29 is 9.50 Å². The van der Waals surface area contributed by atoms with E-state index in [4.69, 9.17) is 11.6 Å². The molecule has 0 spiro atoms. The van der Waals surface area contributed by atoms with E-state index in [1.165, 1.54) is 18.9 Å². The van der Waals surface area contributed by atoms with E-state index < -0.39 is 11.9 Å². The summed E-state index contributed by atoms with van der Waals surface area (Å²) >= 11 is 5.68. The second-order valence-corrected chi connectivity index (χ2v) is 5.00. The van der Waals surface area contributed by atoms with Crippen LogP contribution in [0.1, 0.15) is 31.2 Å². The lowest BCUT2D eigenvalue weighted by Gasteiger charge is -2.11. The molecule has 0 saturated heterocycles. The molecule has 1 aromatic rings. The molecule has 1 aliphatic rings. The Hall–Kier alpha value is -0.600. The van der Waals surface area contributed by atoms with Crippen molar-refractivity contribution in [2.24, 2.45) is 5.92 Å². The Morgan fingerprint density at radius 3 is 2.88 bits per heavy atom. The molecule has 88 valence electrons. The normalized spacial score (nSPS) is 17.4. The minimum Gasteiger partial charge on any atom is -0.393 e. The second kappa shape index (κ2) is 5.15. The van der Waals surface area contributed by atoms with Crippen LogP contribution in [0.3, 0.4) is 0 Å². The summed E-state index contributed by atoms with van der Waals surface area (Å²) in [6.45, 7) is 0. The molecule has 0 bridgehead atoms. The van der Waals surface area contributed by atoms with Crippen LogP contribution in [0.2, 0.25) is 5.02 Å². The Balaban J connectivity index is 1.88. The van der Waals surface area contributed by atoms with Crippen molar-refractivity contribution in [3.05, 3.63) is 34.6 Å². The molecule has 16 heavy (non-hydrogen) atoms. The molecule has 2 rings (SSSR count). The van der Waals surface area contributed by atoms with E-state index in [0.29, 0.717) is 12.0 Å². The summed E-state index contributed by atoms with van der Waals surface area (Å²) in [4.78, 5) is 0. The van der Waals surface area contributed by atoms with Crippen LogP contribution in [0.15, 0.2) is 18.2 Å². The first-order valence-corrected chi connectivity index (χ1v) is 6.15. The molecule has 0 aromatic heterocycles. The van der Waals surface area contributed by atoms with Crippen LogP contribution in [0.5, 0.6) is 0 Å². The lowest BCUT2D eigenvalue weighted by atomic mass is 10.0. The van der Waals surface area contributed by atoms with Crippen molar-refractivity contribution in [2.75, 3.05) is 0 Å². The summed E-state index contributed by atoms with van der Waals surface area (Å²) in [5.41, 5.74) is 0.510. The molecule has 1 N–H and O–H groups in total. The minimum atomic E-state index is -0.450. The average molecular weight is 243 g/mol. The van der Waals surface area contributed by atoms with Gasteiger partial charge in [0.25, 0.3) is 0 Å². The molecular weight excluding hydrogens is 227 g/mol. The van der Waals surface area contributed by atoms with Crippen molar-refractivity contribution in [3.8, 4) is 0 Å². The molecule has 0 aliphatic heterocycles. The molecule has 0 amide bonds. The molecule has 1 fully saturated rings. The van der Waals surface area contributed by atoms with Gasteiger partial charge in [0.2, 0.25) is 0 Å². The van der Waals surface area contributed by atoms with E-state index in [-0.39, 0.29) is 5.02 Å². The fourth-order valence-electron chi connectivity index (χ4n) is 1.90. The first-order valence-electron chi connectivity index (χ1n) is 5.77. The summed E-state index contributed by atoms with van der Waals surface area (Å²) in [7, 11) is 0. The Kier molecular flexibility index (Phi) is 3.82. The monoisotopic (exact) mass is 242 g/mol. The molecule has 1 saturated carbocycles. The first-order chi connectivity index (χ1) is 7.66. The molecule has 1 aliphatic carbocycles. The molecule has 3 heteroatoms. The Morgan fingerprint density at radius 1 is 1.44 bits per heavy atom. The Morgan fingerprint density at radius 2 is 2.19 bits per heavy atom. The van der Waals surface area contributed by atoms with Gasteiger partial charge in [0.15, 0.2) is 0 Å². The zero-order chi connectivity index (χ0) is 11.5. The van der Waals surface area contributed by atoms with Gasteiger partial charge in [-0.3, -0.25) is 0 Å². The van der Waals surface area contributed by atoms with Gasteiger partial charge in [-0.2, -0.15) is 0 Å². The Bertz CT molecular complexity index is 363. The lowest BCUT2D eigenvalue weighted by molar-refractivity contribution is 0.159. The number of rotatable bonds is 5. The molecule has 0 radical (unpaired) electrons. The molecule has 1 unspecified atom stereocenters. The molecule has 1 nitrogen and oxygen atoms in total. The van der Waals surface area contributed by atoms with Gasteiger partial charge in [-0.05, 0) is 30.4 Å². The summed E-state index contributed by atoms with van der Waals surface area (Å²) in [5.74, 6) is 0.411. The zero-order valence-corrected chi connectivity index (χ0v) is 9.88. The maximum absolute atomic E-state index is 13.5. The largest absolute Gasteiger partial charge is 0.393 e. The molecule has 0 heterocycles. The van der Waals surface area contributed by atoms with Gasteiger partial charge < -0.3 is 5.11 Å². The summed E-state index contributed by atoms with van der Waals surface area (Å²) in [5, 5.41) is 9.92. The van der Waals surface area contributed by atoms with Crippen LogP contribution < -0.4 is 0 Å². The number of aliphatic hydroxyl groups excluding tert-OH is 1. The number of aliphatic hydroxyl groups is 1. The van der Waals surface area contributed by atoms with Gasteiger partial charge in [0.1, 0.15) is 5.82 Å². The highest BCUT2D eigenvalue weighted by molar-refractivity contribution is 6.30. The topological polar surface area (TPSA) is 20.2 Å². The third-order valence-corrected chi connectivity index (χ3v) is 3.38. The van der Waals surface area contributed by atoms with Crippen molar-refractivity contribution in [3.63, 3.8) is 0 Å². The van der Waals surface area contributed by atoms with Crippen molar-refractivity contribution >= 4 is 11.6 Å². The van der Waals surface area contributed by atoms with Crippen LogP contribution >= 0.6 is 11.6 Å². The van der Waals surface area contributed by atoms with E-state index >= 15 is 0 Å². The SMILES string of the molecule is OC(CCC1CC1)Cc1cccc(Cl)c1F. The third kappa shape index (κ3) is 3.19.